The van der Waals surface area contributed by atoms with Gasteiger partial charge >= 0.3 is 0 Å². The molecule has 3 aromatic carbocycles. The van der Waals surface area contributed by atoms with Crippen LogP contribution in [0.3, 0.4) is 0 Å². The fourth-order valence-corrected chi connectivity index (χ4v) is 6.03. The zero-order valence-corrected chi connectivity index (χ0v) is 19.9. The summed E-state index contributed by atoms with van der Waals surface area (Å²) in [5.41, 5.74) is 1.83. The molecule has 1 aliphatic rings. The van der Waals surface area contributed by atoms with Crippen LogP contribution < -0.4 is 13.8 Å². The zero-order valence-electron chi connectivity index (χ0n) is 19.1. The molecule has 0 N–H and O–H groups in total. The van der Waals surface area contributed by atoms with Crippen LogP contribution in [0.5, 0.6) is 11.5 Å². The van der Waals surface area contributed by atoms with Gasteiger partial charge in [-0.3, -0.25) is 9.21 Å². The third kappa shape index (κ3) is 5.31. The molecule has 1 saturated heterocycles. The van der Waals surface area contributed by atoms with Crippen LogP contribution in [0.1, 0.15) is 18.4 Å². The first-order valence-corrected chi connectivity index (χ1v) is 12.5. The van der Waals surface area contributed by atoms with Crippen LogP contribution in [0.4, 0.5) is 5.69 Å². The summed E-state index contributed by atoms with van der Waals surface area (Å²) in [4.78, 5) is 2.58. The lowest BCUT2D eigenvalue weighted by atomic mass is 10.0. The number of anilines is 1. The van der Waals surface area contributed by atoms with Crippen LogP contribution in [0, 0.1) is 0 Å². The third-order valence-electron chi connectivity index (χ3n) is 5.99. The lowest BCUT2D eigenvalue weighted by Crippen LogP contribution is -2.50. The van der Waals surface area contributed by atoms with Gasteiger partial charge in [0.05, 0.1) is 30.8 Å². The van der Waals surface area contributed by atoms with Crippen molar-refractivity contribution in [2.24, 2.45) is 0 Å². The van der Waals surface area contributed by atoms with Gasteiger partial charge in [-0.15, -0.1) is 0 Å². The largest absolute Gasteiger partial charge is 0.497 e. The molecule has 33 heavy (non-hydrogen) atoms. The third-order valence-corrected chi connectivity index (χ3v) is 7.88. The summed E-state index contributed by atoms with van der Waals surface area (Å²) in [5, 5.41) is 0. The molecule has 0 aliphatic carbocycles. The normalized spacial score (nSPS) is 16.8. The van der Waals surface area contributed by atoms with Crippen molar-refractivity contribution in [3.05, 3.63) is 84.4 Å². The summed E-state index contributed by atoms with van der Waals surface area (Å²) < 4.78 is 40.0. The van der Waals surface area contributed by atoms with Gasteiger partial charge in [0.1, 0.15) is 11.5 Å². The van der Waals surface area contributed by atoms with E-state index in [4.69, 9.17) is 9.47 Å². The average molecular weight is 467 g/mol. The van der Waals surface area contributed by atoms with E-state index in [0.29, 0.717) is 23.7 Å². The fourth-order valence-electron chi connectivity index (χ4n) is 4.36. The van der Waals surface area contributed by atoms with E-state index >= 15 is 0 Å². The number of methoxy groups -OCH3 is 2. The molecule has 1 atom stereocenters. The Morgan fingerprint density at radius 2 is 1.64 bits per heavy atom. The van der Waals surface area contributed by atoms with E-state index in [9.17, 15) is 8.42 Å². The van der Waals surface area contributed by atoms with Gasteiger partial charge in [-0.1, -0.05) is 36.4 Å². The molecule has 6 nitrogen and oxygen atoms in total. The maximum Gasteiger partial charge on any atom is 0.264 e. The molecular formula is C26H30N2O4S. The molecule has 3 aromatic rings. The molecule has 0 saturated carbocycles. The molecule has 1 unspecified atom stereocenters. The smallest absolute Gasteiger partial charge is 0.264 e. The first-order valence-electron chi connectivity index (χ1n) is 11.1. The highest BCUT2D eigenvalue weighted by Crippen LogP contribution is 2.33. The van der Waals surface area contributed by atoms with E-state index in [0.717, 1.165) is 25.9 Å². The van der Waals surface area contributed by atoms with Gasteiger partial charge in [-0.2, -0.15) is 0 Å². The number of sulfonamides is 1. The lowest BCUT2D eigenvalue weighted by molar-refractivity contribution is 0.202. The van der Waals surface area contributed by atoms with Crippen molar-refractivity contribution >= 4 is 15.7 Å². The molecule has 174 valence electrons. The number of hydrogen-bond donors (Lipinski definition) is 0. The highest BCUT2D eigenvalue weighted by molar-refractivity contribution is 7.92. The van der Waals surface area contributed by atoms with Crippen LogP contribution in [0.15, 0.2) is 83.8 Å². The Hall–Kier alpha value is -3.03. The predicted octanol–water partition coefficient (Wildman–Crippen LogP) is 4.56. The fraction of sp³-hybridized carbons (Fsp3) is 0.308. The van der Waals surface area contributed by atoms with Crippen LogP contribution in [-0.2, 0) is 16.6 Å². The van der Waals surface area contributed by atoms with Gasteiger partial charge in [0, 0.05) is 19.2 Å². The second-order valence-corrected chi connectivity index (χ2v) is 10.0. The number of piperidine rings is 1. The number of nitrogens with zero attached hydrogens (tertiary/aromatic N) is 2. The maximum atomic E-state index is 13.9. The molecule has 0 amide bonds. The van der Waals surface area contributed by atoms with Crippen LogP contribution >= 0.6 is 0 Å². The summed E-state index contributed by atoms with van der Waals surface area (Å²) in [5.74, 6) is 1.24. The average Bonchev–Trinajstić information content (AvgIpc) is 2.85. The van der Waals surface area contributed by atoms with E-state index in [2.05, 4.69) is 17.0 Å². The first-order chi connectivity index (χ1) is 16.0. The summed E-state index contributed by atoms with van der Waals surface area (Å²) in [6, 6.07) is 23.9. The van der Waals surface area contributed by atoms with E-state index in [-0.39, 0.29) is 10.9 Å². The van der Waals surface area contributed by atoms with Gasteiger partial charge in [0.15, 0.2) is 0 Å². The first kappa shape index (κ1) is 23.1. The number of hydrogen-bond acceptors (Lipinski definition) is 5. The quantitative estimate of drug-likeness (QED) is 0.487. The second kappa shape index (κ2) is 10.3. The topological polar surface area (TPSA) is 59.1 Å². The van der Waals surface area contributed by atoms with Crippen LogP contribution in [-0.4, -0.2) is 46.7 Å². The minimum Gasteiger partial charge on any atom is -0.497 e. The molecule has 4 rings (SSSR count). The number of likely N-dealkylation sites (tertiary alicyclic amines) is 1. The van der Waals surface area contributed by atoms with E-state index in [1.807, 2.05) is 36.4 Å². The minimum atomic E-state index is -3.80. The monoisotopic (exact) mass is 466 g/mol. The molecule has 0 radical (unpaired) electrons. The summed E-state index contributed by atoms with van der Waals surface area (Å²) in [7, 11) is -0.653. The zero-order chi connectivity index (χ0) is 23.3. The van der Waals surface area contributed by atoms with Crippen molar-refractivity contribution in [2.45, 2.75) is 30.3 Å². The van der Waals surface area contributed by atoms with E-state index in [1.54, 1.807) is 48.9 Å². The Balaban J connectivity index is 1.69. The predicted molar refractivity (Wildman–Crippen MR) is 130 cm³/mol. The van der Waals surface area contributed by atoms with Gasteiger partial charge in [0.2, 0.25) is 0 Å². The number of rotatable bonds is 8. The highest BCUT2D eigenvalue weighted by atomic mass is 32.2. The molecule has 7 heteroatoms. The SMILES string of the molecule is COc1ccc(S(=O)(=O)N(c2cccc(OC)c2)C2CCCN(Cc3ccccc3)C2)cc1. The van der Waals surface area contributed by atoms with Crippen molar-refractivity contribution in [2.75, 3.05) is 31.6 Å². The molecule has 0 bridgehead atoms. The van der Waals surface area contributed by atoms with Crippen molar-refractivity contribution in [1.82, 2.24) is 4.90 Å². The van der Waals surface area contributed by atoms with Gasteiger partial charge in [-0.25, -0.2) is 8.42 Å². The standard InChI is InChI=1S/C26H30N2O4S/c1-31-24-13-15-26(16-14-24)33(29,30)28(22-10-6-12-25(18-22)32-2)23-11-7-17-27(20-23)19-21-8-4-3-5-9-21/h3-6,8-10,12-16,18,23H,7,11,17,19-20H2,1-2H3. The Morgan fingerprint density at radius 3 is 2.33 bits per heavy atom. The van der Waals surface area contributed by atoms with Crippen molar-refractivity contribution in [1.29, 1.82) is 0 Å². The Kier molecular flexibility index (Phi) is 7.20. The van der Waals surface area contributed by atoms with Crippen molar-refractivity contribution in [3.63, 3.8) is 0 Å². The second-order valence-electron chi connectivity index (χ2n) is 8.19. The van der Waals surface area contributed by atoms with Crippen molar-refractivity contribution in [3.8, 4) is 11.5 Å². The molecule has 0 aromatic heterocycles. The maximum absolute atomic E-state index is 13.9. The molecule has 1 heterocycles. The lowest BCUT2D eigenvalue weighted by Gasteiger charge is -2.40. The Morgan fingerprint density at radius 1 is 0.909 bits per heavy atom. The van der Waals surface area contributed by atoms with Crippen LogP contribution in [0.2, 0.25) is 0 Å². The van der Waals surface area contributed by atoms with Crippen LogP contribution in [0.25, 0.3) is 0 Å². The van der Waals surface area contributed by atoms with Gasteiger partial charge in [-0.05, 0) is 61.3 Å². The minimum absolute atomic E-state index is 0.193. The molecule has 1 aliphatic heterocycles. The molecule has 1 fully saturated rings. The van der Waals surface area contributed by atoms with Crippen molar-refractivity contribution < 1.29 is 17.9 Å². The number of benzene rings is 3. The van der Waals surface area contributed by atoms with E-state index < -0.39 is 10.0 Å². The van der Waals surface area contributed by atoms with Gasteiger partial charge in [0.25, 0.3) is 10.0 Å². The Labute approximate surface area is 196 Å². The Bertz CT molecular complexity index is 1150. The number of ether oxygens (including phenoxy) is 2. The highest BCUT2D eigenvalue weighted by Gasteiger charge is 2.35. The molecule has 0 spiro atoms. The summed E-state index contributed by atoms with van der Waals surface area (Å²) in [6.45, 7) is 2.40. The van der Waals surface area contributed by atoms with Gasteiger partial charge < -0.3 is 9.47 Å². The molecular weight excluding hydrogens is 436 g/mol. The summed E-state index contributed by atoms with van der Waals surface area (Å²) in [6.07, 6.45) is 1.72. The van der Waals surface area contributed by atoms with E-state index in [1.165, 1.54) is 5.56 Å². The summed E-state index contributed by atoms with van der Waals surface area (Å²) >= 11 is 0.